The molecule has 27 heavy (non-hydrogen) atoms. The number of amides is 2. The number of aryl methyl sites for hydroxylation is 1. The number of aromatic nitrogens is 1. The number of carbonyl (C=O) groups excluding carboxylic acids is 1. The summed E-state index contributed by atoms with van der Waals surface area (Å²) in [7, 11) is 0. The fourth-order valence-electron chi connectivity index (χ4n) is 2.33. The number of hydrogen-bond acceptors (Lipinski definition) is 2. The van der Waals surface area contributed by atoms with Crippen molar-refractivity contribution >= 4 is 39.0 Å². The fourth-order valence-corrected chi connectivity index (χ4v) is 3.56. The molecule has 0 unspecified atom stereocenters. The quantitative estimate of drug-likeness (QED) is 0.524. The van der Waals surface area contributed by atoms with Gasteiger partial charge in [-0.25, -0.2) is 4.79 Å². The zero-order valence-corrected chi connectivity index (χ0v) is 16.3. The number of carbonyl (C=O) groups is 1. The van der Waals surface area contributed by atoms with E-state index in [9.17, 15) is 18.0 Å². The first-order valence-corrected chi connectivity index (χ1v) is 9.31. The molecule has 9 heteroatoms. The summed E-state index contributed by atoms with van der Waals surface area (Å²) >= 11 is 4.59. The first kappa shape index (κ1) is 19.4. The van der Waals surface area contributed by atoms with Crippen LogP contribution in [0.5, 0.6) is 0 Å². The standard InChI is InChI=1S/C18H13BrF3N3OS/c1-11-10-25(15-7-5-12(6-8-15)18(20,21)22)17(27-11)24-16(26)23-14-4-2-3-13(19)9-14/h2-10H,1H3,(H,23,26). The van der Waals surface area contributed by atoms with Crippen molar-refractivity contribution in [2.75, 3.05) is 5.32 Å². The predicted octanol–water partition coefficient (Wildman–Crippen LogP) is 5.76. The third kappa shape index (κ3) is 4.86. The molecular formula is C18H13BrF3N3OS. The van der Waals surface area contributed by atoms with Crippen LogP contribution in [0.3, 0.4) is 0 Å². The lowest BCUT2D eigenvalue weighted by Gasteiger charge is -2.08. The highest BCUT2D eigenvalue weighted by Crippen LogP contribution is 2.29. The van der Waals surface area contributed by atoms with Crippen LogP contribution in [-0.4, -0.2) is 10.6 Å². The van der Waals surface area contributed by atoms with Crippen molar-refractivity contribution < 1.29 is 18.0 Å². The maximum atomic E-state index is 12.7. The van der Waals surface area contributed by atoms with Gasteiger partial charge in [-0.1, -0.05) is 22.0 Å². The monoisotopic (exact) mass is 455 g/mol. The van der Waals surface area contributed by atoms with Crippen molar-refractivity contribution in [3.8, 4) is 5.69 Å². The number of thiazole rings is 1. The Morgan fingerprint density at radius 2 is 1.89 bits per heavy atom. The molecule has 0 fully saturated rings. The highest BCUT2D eigenvalue weighted by molar-refractivity contribution is 9.10. The molecule has 1 aromatic heterocycles. The van der Waals surface area contributed by atoms with Gasteiger partial charge in [-0.05, 0) is 49.4 Å². The second-order valence-electron chi connectivity index (χ2n) is 5.59. The van der Waals surface area contributed by atoms with E-state index in [0.29, 0.717) is 16.2 Å². The number of halogens is 4. The Bertz CT molecular complexity index is 1040. The average Bonchev–Trinajstić information content (AvgIpc) is 2.94. The van der Waals surface area contributed by atoms with Crippen molar-refractivity contribution in [3.63, 3.8) is 0 Å². The van der Waals surface area contributed by atoms with Gasteiger partial charge in [-0.2, -0.15) is 18.2 Å². The fraction of sp³-hybridized carbons (Fsp3) is 0.111. The zero-order valence-electron chi connectivity index (χ0n) is 13.9. The molecule has 2 amide bonds. The molecule has 140 valence electrons. The number of hydrogen-bond donors (Lipinski definition) is 1. The molecule has 0 bridgehead atoms. The average molecular weight is 456 g/mol. The SMILES string of the molecule is Cc1cn(-c2ccc(C(F)(F)F)cc2)c(=NC(=O)Nc2cccc(Br)c2)s1. The van der Waals surface area contributed by atoms with Gasteiger partial charge in [0.25, 0.3) is 0 Å². The highest BCUT2D eigenvalue weighted by atomic mass is 79.9. The number of nitrogens with one attached hydrogen (secondary N) is 1. The van der Waals surface area contributed by atoms with Crippen LogP contribution in [0.25, 0.3) is 5.69 Å². The molecule has 0 atom stereocenters. The van der Waals surface area contributed by atoms with E-state index in [0.717, 1.165) is 21.5 Å². The normalized spacial score (nSPS) is 12.3. The summed E-state index contributed by atoms with van der Waals surface area (Å²) < 4.78 is 40.6. The maximum Gasteiger partial charge on any atom is 0.416 e. The van der Waals surface area contributed by atoms with Gasteiger partial charge in [0.2, 0.25) is 0 Å². The van der Waals surface area contributed by atoms with Crippen LogP contribution >= 0.6 is 27.3 Å². The molecule has 4 nitrogen and oxygen atoms in total. The van der Waals surface area contributed by atoms with E-state index in [2.05, 4.69) is 26.2 Å². The van der Waals surface area contributed by atoms with Gasteiger partial charge in [0, 0.05) is 26.9 Å². The van der Waals surface area contributed by atoms with E-state index in [1.807, 2.05) is 13.0 Å². The van der Waals surface area contributed by atoms with E-state index in [1.165, 1.54) is 23.5 Å². The molecule has 3 aromatic rings. The van der Waals surface area contributed by atoms with E-state index in [-0.39, 0.29) is 0 Å². The Morgan fingerprint density at radius 3 is 2.52 bits per heavy atom. The lowest BCUT2D eigenvalue weighted by molar-refractivity contribution is -0.137. The minimum atomic E-state index is -4.40. The van der Waals surface area contributed by atoms with E-state index < -0.39 is 17.8 Å². The molecule has 0 spiro atoms. The van der Waals surface area contributed by atoms with Crippen molar-refractivity contribution in [2.45, 2.75) is 13.1 Å². The Morgan fingerprint density at radius 1 is 1.19 bits per heavy atom. The Labute approximate surface area is 165 Å². The van der Waals surface area contributed by atoms with E-state index in [4.69, 9.17) is 0 Å². The number of rotatable bonds is 2. The Kier molecular flexibility index (Phi) is 5.52. The summed E-state index contributed by atoms with van der Waals surface area (Å²) in [6.45, 7) is 1.83. The van der Waals surface area contributed by atoms with Crippen molar-refractivity contribution in [2.24, 2.45) is 4.99 Å². The molecule has 0 saturated heterocycles. The topological polar surface area (TPSA) is 46.4 Å². The Balaban J connectivity index is 1.91. The predicted molar refractivity (Wildman–Crippen MR) is 102 cm³/mol. The van der Waals surface area contributed by atoms with Gasteiger partial charge < -0.3 is 5.32 Å². The highest BCUT2D eigenvalue weighted by Gasteiger charge is 2.30. The first-order chi connectivity index (χ1) is 12.7. The Hall–Kier alpha value is -2.39. The summed E-state index contributed by atoms with van der Waals surface area (Å²) in [6, 6.07) is 11.2. The van der Waals surface area contributed by atoms with Crippen LogP contribution in [-0.2, 0) is 6.18 Å². The number of nitrogens with zero attached hydrogens (tertiary/aromatic N) is 2. The van der Waals surface area contributed by atoms with Crippen LogP contribution < -0.4 is 10.1 Å². The van der Waals surface area contributed by atoms with Crippen molar-refractivity contribution in [1.82, 2.24) is 4.57 Å². The second-order valence-corrected chi connectivity index (χ2v) is 7.72. The molecule has 3 rings (SSSR count). The van der Waals surface area contributed by atoms with Gasteiger partial charge in [0.05, 0.1) is 5.56 Å². The van der Waals surface area contributed by atoms with Gasteiger partial charge in [0.1, 0.15) is 0 Å². The van der Waals surface area contributed by atoms with Gasteiger partial charge in [-0.15, -0.1) is 11.3 Å². The van der Waals surface area contributed by atoms with Crippen LogP contribution in [0.1, 0.15) is 10.4 Å². The minimum absolute atomic E-state index is 0.361. The third-order valence-corrected chi connectivity index (χ3v) is 4.91. The van der Waals surface area contributed by atoms with Gasteiger partial charge in [-0.3, -0.25) is 4.57 Å². The summed E-state index contributed by atoms with van der Waals surface area (Å²) in [5, 5.41) is 2.66. The molecule has 0 aliphatic rings. The van der Waals surface area contributed by atoms with E-state index >= 15 is 0 Å². The summed E-state index contributed by atoms with van der Waals surface area (Å²) in [5.74, 6) is 0. The van der Waals surface area contributed by atoms with Crippen LogP contribution in [0.2, 0.25) is 0 Å². The summed E-state index contributed by atoms with van der Waals surface area (Å²) in [5.41, 5.74) is 0.332. The van der Waals surface area contributed by atoms with Crippen LogP contribution in [0, 0.1) is 6.92 Å². The summed E-state index contributed by atoms with van der Waals surface area (Å²) in [4.78, 5) is 17.5. The van der Waals surface area contributed by atoms with Crippen LogP contribution in [0.15, 0.2) is 64.2 Å². The smallest absolute Gasteiger partial charge is 0.306 e. The minimum Gasteiger partial charge on any atom is -0.306 e. The number of anilines is 1. The van der Waals surface area contributed by atoms with Crippen molar-refractivity contribution in [3.05, 3.63) is 74.4 Å². The lowest BCUT2D eigenvalue weighted by Crippen LogP contribution is -2.17. The van der Waals surface area contributed by atoms with Crippen molar-refractivity contribution in [1.29, 1.82) is 0 Å². The molecule has 2 aromatic carbocycles. The molecule has 1 heterocycles. The molecule has 0 radical (unpaired) electrons. The molecule has 1 N–H and O–H groups in total. The third-order valence-electron chi connectivity index (χ3n) is 3.52. The first-order valence-electron chi connectivity index (χ1n) is 7.70. The molecular weight excluding hydrogens is 443 g/mol. The number of benzene rings is 2. The largest absolute Gasteiger partial charge is 0.416 e. The number of alkyl halides is 3. The maximum absolute atomic E-state index is 12.7. The summed E-state index contributed by atoms with van der Waals surface area (Å²) in [6.07, 6.45) is -2.68. The molecule has 0 saturated carbocycles. The number of urea groups is 1. The second kappa shape index (κ2) is 7.69. The lowest BCUT2D eigenvalue weighted by atomic mass is 10.2. The zero-order chi connectivity index (χ0) is 19.6. The molecule has 0 aliphatic heterocycles. The van der Waals surface area contributed by atoms with Gasteiger partial charge >= 0.3 is 12.2 Å². The van der Waals surface area contributed by atoms with Gasteiger partial charge in [0.15, 0.2) is 4.80 Å². The van der Waals surface area contributed by atoms with Crippen LogP contribution in [0.4, 0.5) is 23.7 Å². The molecule has 0 aliphatic carbocycles. The van der Waals surface area contributed by atoms with E-state index in [1.54, 1.807) is 29.0 Å².